The lowest BCUT2D eigenvalue weighted by molar-refractivity contribution is -0.118. The number of nitrogens with one attached hydrogen (secondary N) is 2. The van der Waals surface area contributed by atoms with E-state index in [1.807, 2.05) is 0 Å². The van der Waals surface area contributed by atoms with E-state index < -0.39 is 0 Å². The van der Waals surface area contributed by atoms with Crippen molar-refractivity contribution < 1.29 is 14.0 Å². The fraction of sp³-hybridized carbons (Fsp3) is 0.200. The van der Waals surface area contributed by atoms with Crippen molar-refractivity contribution in [1.82, 2.24) is 10.6 Å². The van der Waals surface area contributed by atoms with Gasteiger partial charge in [0.2, 0.25) is 5.78 Å². The average Bonchev–Trinajstić information content (AvgIpc) is 2.74. The number of amides is 1. The molecule has 0 unspecified atom stereocenters. The standard InChI is InChI=1S/C10H10N2O3/c13-8(9-2-1-5-15-9)6-7-10(14)12-4-3-11-7/h1-2,5-6,11H,3-4H2,(H,12,14)/b7-6-. The van der Waals surface area contributed by atoms with E-state index in [2.05, 4.69) is 10.6 Å². The van der Waals surface area contributed by atoms with Crippen LogP contribution in [0.1, 0.15) is 10.6 Å². The van der Waals surface area contributed by atoms with Gasteiger partial charge in [0, 0.05) is 19.2 Å². The summed E-state index contributed by atoms with van der Waals surface area (Å²) in [5.41, 5.74) is 0.280. The molecule has 5 nitrogen and oxygen atoms in total. The molecule has 1 saturated heterocycles. The number of rotatable bonds is 2. The van der Waals surface area contributed by atoms with Gasteiger partial charge in [-0.2, -0.15) is 0 Å². The third-order valence-corrected chi connectivity index (χ3v) is 2.01. The summed E-state index contributed by atoms with van der Waals surface area (Å²) in [5, 5.41) is 5.48. The van der Waals surface area contributed by atoms with Gasteiger partial charge >= 0.3 is 0 Å². The van der Waals surface area contributed by atoms with Gasteiger partial charge < -0.3 is 15.1 Å². The zero-order chi connectivity index (χ0) is 10.7. The molecule has 1 aromatic rings. The molecule has 1 aliphatic heterocycles. The highest BCUT2D eigenvalue weighted by molar-refractivity contribution is 6.08. The Morgan fingerprint density at radius 1 is 1.40 bits per heavy atom. The zero-order valence-corrected chi connectivity index (χ0v) is 7.95. The van der Waals surface area contributed by atoms with Crippen LogP contribution in [-0.2, 0) is 4.79 Å². The molecule has 78 valence electrons. The van der Waals surface area contributed by atoms with Gasteiger partial charge in [0.05, 0.1) is 6.26 Å². The van der Waals surface area contributed by atoms with Crippen molar-refractivity contribution in [1.29, 1.82) is 0 Å². The van der Waals surface area contributed by atoms with E-state index >= 15 is 0 Å². The maximum absolute atomic E-state index is 11.5. The predicted octanol–water partition coefficient (Wildman–Crippen LogP) is 0.0656. The van der Waals surface area contributed by atoms with Crippen molar-refractivity contribution in [2.24, 2.45) is 0 Å². The van der Waals surface area contributed by atoms with Crippen LogP contribution in [0.4, 0.5) is 0 Å². The Kier molecular flexibility index (Phi) is 2.53. The topological polar surface area (TPSA) is 71.3 Å². The number of furan rings is 1. The molecule has 1 fully saturated rings. The molecule has 1 aliphatic rings. The van der Waals surface area contributed by atoms with Crippen molar-refractivity contribution in [2.45, 2.75) is 0 Å². The predicted molar refractivity (Wildman–Crippen MR) is 52.1 cm³/mol. The molecule has 2 heterocycles. The Hall–Kier alpha value is -2.04. The molecule has 0 radical (unpaired) electrons. The van der Waals surface area contributed by atoms with Gasteiger partial charge in [0.1, 0.15) is 5.70 Å². The first-order valence-electron chi connectivity index (χ1n) is 4.59. The van der Waals surface area contributed by atoms with Gasteiger partial charge in [-0.25, -0.2) is 0 Å². The van der Waals surface area contributed by atoms with Gasteiger partial charge in [0.25, 0.3) is 5.91 Å². The van der Waals surface area contributed by atoms with Crippen molar-refractivity contribution in [3.8, 4) is 0 Å². The molecule has 15 heavy (non-hydrogen) atoms. The van der Waals surface area contributed by atoms with Gasteiger partial charge in [0.15, 0.2) is 5.76 Å². The Labute approximate surface area is 86.1 Å². The number of ketones is 1. The highest BCUT2D eigenvalue weighted by Crippen LogP contribution is 2.04. The smallest absolute Gasteiger partial charge is 0.267 e. The largest absolute Gasteiger partial charge is 0.461 e. The highest BCUT2D eigenvalue weighted by atomic mass is 16.3. The monoisotopic (exact) mass is 206 g/mol. The number of allylic oxidation sites excluding steroid dienone is 1. The minimum atomic E-state index is -0.320. The quantitative estimate of drug-likeness (QED) is 0.530. The molecule has 1 aromatic heterocycles. The molecule has 1 amide bonds. The summed E-state index contributed by atoms with van der Waals surface area (Å²) in [5.74, 6) is -0.358. The molecule has 0 spiro atoms. The third-order valence-electron chi connectivity index (χ3n) is 2.01. The van der Waals surface area contributed by atoms with E-state index in [0.717, 1.165) is 0 Å². The van der Waals surface area contributed by atoms with E-state index in [9.17, 15) is 9.59 Å². The maximum atomic E-state index is 11.5. The van der Waals surface area contributed by atoms with Crippen molar-refractivity contribution >= 4 is 11.7 Å². The van der Waals surface area contributed by atoms with Gasteiger partial charge in [-0.3, -0.25) is 9.59 Å². The molecule has 2 rings (SSSR count). The Morgan fingerprint density at radius 2 is 2.20 bits per heavy atom. The van der Waals surface area contributed by atoms with Crippen LogP contribution in [0.25, 0.3) is 0 Å². The second-order valence-electron chi connectivity index (χ2n) is 3.08. The van der Waals surface area contributed by atoms with Crippen LogP contribution >= 0.6 is 0 Å². The molecule has 0 aromatic carbocycles. The Bertz CT molecular complexity index is 406. The maximum Gasteiger partial charge on any atom is 0.267 e. The second-order valence-corrected chi connectivity index (χ2v) is 3.08. The van der Waals surface area contributed by atoms with E-state index in [-0.39, 0.29) is 23.1 Å². The van der Waals surface area contributed by atoms with E-state index in [1.54, 1.807) is 12.1 Å². The minimum absolute atomic E-state index is 0.225. The molecular formula is C10H10N2O3. The van der Waals surface area contributed by atoms with E-state index in [1.165, 1.54) is 12.3 Å². The Morgan fingerprint density at radius 3 is 2.87 bits per heavy atom. The van der Waals surface area contributed by atoms with Crippen molar-refractivity contribution in [3.05, 3.63) is 35.9 Å². The van der Waals surface area contributed by atoms with Crippen LogP contribution in [0, 0.1) is 0 Å². The SMILES string of the molecule is O=C1NCCN/C1=C\C(=O)c1ccco1. The van der Waals surface area contributed by atoms with E-state index in [4.69, 9.17) is 4.42 Å². The average molecular weight is 206 g/mol. The number of carbonyl (C=O) groups excluding carboxylic acids is 2. The van der Waals surface area contributed by atoms with Crippen LogP contribution in [0.15, 0.2) is 34.6 Å². The summed E-state index contributed by atoms with van der Waals surface area (Å²) in [6, 6.07) is 3.18. The third kappa shape index (κ3) is 2.07. The molecule has 0 atom stereocenters. The van der Waals surface area contributed by atoms with Crippen LogP contribution in [0.3, 0.4) is 0 Å². The second kappa shape index (κ2) is 4.00. The number of piperazine rings is 1. The van der Waals surface area contributed by atoms with Gasteiger partial charge in [-0.15, -0.1) is 0 Å². The van der Waals surface area contributed by atoms with Gasteiger partial charge in [-0.05, 0) is 12.1 Å². The van der Waals surface area contributed by atoms with Crippen LogP contribution < -0.4 is 10.6 Å². The summed E-state index contributed by atoms with van der Waals surface area (Å²) in [7, 11) is 0. The van der Waals surface area contributed by atoms with Crippen LogP contribution in [-0.4, -0.2) is 24.8 Å². The highest BCUT2D eigenvalue weighted by Gasteiger charge is 2.16. The van der Waals surface area contributed by atoms with E-state index in [0.29, 0.717) is 13.1 Å². The number of hydrogen-bond donors (Lipinski definition) is 2. The fourth-order valence-corrected chi connectivity index (χ4v) is 1.29. The first-order chi connectivity index (χ1) is 7.27. The lowest BCUT2D eigenvalue weighted by atomic mass is 10.2. The van der Waals surface area contributed by atoms with Crippen LogP contribution in [0.5, 0.6) is 0 Å². The molecule has 5 heteroatoms. The first kappa shape index (κ1) is 9.51. The zero-order valence-electron chi connectivity index (χ0n) is 7.95. The molecule has 0 aliphatic carbocycles. The lowest BCUT2D eigenvalue weighted by Crippen LogP contribution is -2.43. The van der Waals surface area contributed by atoms with Crippen molar-refractivity contribution in [3.63, 3.8) is 0 Å². The van der Waals surface area contributed by atoms with Gasteiger partial charge in [-0.1, -0.05) is 0 Å². The molecule has 0 bridgehead atoms. The Balaban J connectivity index is 2.15. The molecular weight excluding hydrogens is 196 g/mol. The fourth-order valence-electron chi connectivity index (χ4n) is 1.29. The molecule has 0 saturated carbocycles. The summed E-state index contributed by atoms with van der Waals surface area (Å²) < 4.78 is 4.92. The summed E-state index contributed by atoms with van der Waals surface area (Å²) in [6.07, 6.45) is 2.66. The van der Waals surface area contributed by atoms with Crippen LogP contribution in [0.2, 0.25) is 0 Å². The number of carbonyl (C=O) groups is 2. The summed E-state index contributed by atoms with van der Waals surface area (Å²) >= 11 is 0. The molecule has 2 N–H and O–H groups in total. The summed E-state index contributed by atoms with van der Waals surface area (Å²) in [4.78, 5) is 22.8. The lowest BCUT2D eigenvalue weighted by Gasteiger charge is -2.16. The number of hydrogen-bond acceptors (Lipinski definition) is 4. The summed E-state index contributed by atoms with van der Waals surface area (Å²) in [6.45, 7) is 1.20. The normalized spacial score (nSPS) is 18.4. The first-order valence-corrected chi connectivity index (χ1v) is 4.59. The van der Waals surface area contributed by atoms with Crippen molar-refractivity contribution in [2.75, 3.05) is 13.1 Å². The minimum Gasteiger partial charge on any atom is -0.461 e.